The zero-order chi connectivity index (χ0) is 12.1. The van der Waals surface area contributed by atoms with E-state index in [9.17, 15) is 5.11 Å². The van der Waals surface area contributed by atoms with Crippen molar-refractivity contribution in [3.8, 4) is 5.75 Å². The van der Waals surface area contributed by atoms with Crippen molar-refractivity contribution in [1.82, 2.24) is 20.1 Å². The summed E-state index contributed by atoms with van der Waals surface area (Å²) in [5, 5.41) is 16.9. The van der Waals surface area contributed by atoms with Gasteiger partial charge in [0.15, 0.2) is 5.82 Å². The van der Waals surface area contributed by atoms with Gasteiger partial charge in [-0.1, -0.05) is 19.1 Å². The Balaban J connectivity index is 2.01. The van der Waals surface area contributed by atoms with E-state index in [1.165, 1.54) is 0 Å². The SMILES string of the molecule is CCNCc1ncn(Cc2cccc(O)c2)n1. The summed E-state index contributed by atoms with van der Waals surface area (Å²) in [4.78, 5) is 4.20. The first-order valence-electron chi connectivity index (χ1n) is 5.65. The summed E-state index contributed by atoms with van der Waals surface area (Å²) in [6, 6.07) is 7.15. The fourth-order valence-electron chi connectivity index (χ4n) is 1.57. The van der Waals surface area contributed by atoms with Crippen LogP contribution in [0.4, 0.5) is 0 Å². The van der Waals surface area contributed by atoms with Crippen LogP contribution in [0, 0.1) is 0 Å². The fraction of sp³-hybridized carbons (Fsp3) is 0.333. The van der Waals surface area contributed by atoms with Gasteiger partial charge in [-0.3, -0.25) is 0 Å². The van der Waals surface area contributed by atoms with Crippen LogP contribution < -0.4 is 5.32 Å². The van der Waals surface area contributed by atoms with Crippen LogP contribution >= 0.6 is 0 Å². The molecule has 0 spiro atoms. The predicted molar refractivity (Wildman–Crippen MR) is 64.6 cm³/mol. The van der Waals surface area contributed by atoms with Crippen molar-refractivity contribution in [2.45, 2.75) is 20.0 Å². The van der Waals surface area contributed by atoms with Crippen molar-refractivity contribution in [3.63, 3.8) is 0 Å². The van der Waals surface area contributed by atoms with Gasteiger partial charge in [0.25, 0.3) is 0 Å². The molecule has 90 valence electrons. The average molecular weight is 232 g/mol. The first-order valence-corrected chi connectivity index (χ1v) is 5.65. The minimum atomic E-state index is 0.274. The molecule has 0 saturated heterocycles. The summed E-state index contributed by atoms with van der Waals surface area (Å²) < 4.78 is 1.77. The van der Waals surface area contributed by atoms with Gasteiger partial charge < -0.3 is 10.4 Å². The van der Waals surface area contributed by atoms with Gasteiger partial charge in [0.05, 0.1) is 13.1 Å². The molecule has 0 amide bonds. The van der Waals surface area contributed by atoms with E-state index in [4.69, 9.17) is 0 Å². The Morgan fingerprint density at radius 3 is 3.06 bits per heavy atom. The van der Waals surface area contributed by atoms with Gasteiger partial charge in [-0.05, 0) is 24.2 Å². The van der Waals surface area contributed by atoms with E-state index in [1.54, 1.807) is 23.1 Å². The van der Waals surface area contributed by atoms with Gasteiger partial charge in [0.2, 0.25) is 0 Å². The molecule has 1 aromatic carbocycles. The normalized spacial score (nSPS) is 10.6. The zero-order valence-corrected chi connectivity index (χ0v) is 9.80. The van der Waals surface area contributed by atoms with Crippen molar-refractivity contribution in [2.75, 3.05) is 6.54 Å². The number of benzene rings is 1. The van der Waals surface area contributed by atoms with Crippen LogP contribution in [0.1, 0.15) is 18.3 Å². The molecule has 5 nitrogen and oxygen atoms in total. The van der Waals surface area contributed by atoms with Gasteiger partial charge in [-0.2, -0.15) is 5.10 Å². The second-order valence-electron chi connectivity index (χ2n) is 3.81. The largest absolute Gasteiger partial charge is 0.508 e. The molecule has 0 aliphatic carbocycles. The van der Waals surface area contributed by atoms with E-state index in [0.29, 0.717) is 13.1 Å². The van der Waals surface area contributed by atoms with Crippen LogP contribution in [-0.2, 0) is 13.1 Å². The van der Waals surface area contributed by atoms with Gasteiger partial charge >= 0.3 is 0 Å². The summed E-state index contributed by atoms with van der Waals surface area (Å²) in [7, 11) is 0. The Bertz CT molecular complexity index is 481. The number of nitrogens with one attached hydrogen (secondary N) is 1. The van der Waals surface area contributed by atoms with E-state index < -0.39 is 0 Å². The lowest BCUT2D eigenvalue weighted by Gasteiger charge is -2.01. The molecule has 0 saturated carbocycles. The standard InChI is InChI=1S/C12H16N4O/c1-2-13-7-12-14-9-16(15-12)8-10-4-3-5-11(17)6-10/h3-6,9,13,17H,2,7-8H2,1H3. The summed E-state index contributed by atoms with van der Waals surface area (Å²) in [5.74, 6) is 1.06. The Labute approximate surface area is 100 Å². The lowest BCUT2D eigenvalue weighted by atomic mass is 10.2. The van der Waals surface area contributed by atoms with Gasteiger partial charge in [-0.25, -0.2) is 9.67 Å². The molecule has 17 heavy (non-hydrogen) atoms. The maximum absolute atomic E-state index is 9.36. The molecule has 2 rings (SSSR count). The third-order valence-electron chi connectivity index (χ3n) is 2.37. The number of phenols is 1. The Morgan fingerprint density at radius 1 is 1.41 bits per heavy atom. The van der Waals surface area contributed by atoms with E-state index in [-0.39, 0.29) is 5.75 Å². The third-order valence-corrected chi connectivity index (χ3v) is 2.37. The molecule has 0 atom stereocenters. The molecule has 0 aliphatic rings. The third kappa shape index (κ3) is 3.29. The molecule has 2 N–H and O–H groups in total. The number of aromatic nitrogens is 3. The quantitative estimate of drug-likeness (QED) is 0.811. The van der Waals surface area contributed by atoms with E-state index >= 15 is 0 Å². The van der Waals surface area contributed by atoms with Crippen LogP contribution in [0.3, 0.4) is 0 Å². The number of nitrogens with zero attached hydrogens (tertiary/aromatic N) is 3. The molecule has 0 fully saturated rings. The molecule has 5 heteroatoms. The summed E-state index contributed by atoms with van der Waals surface area (Å²) in [5.41, 5.74) is 1.00. The predicted octanol–water partition coefficient (Wildman–Crippen LogP) is 1.14. The minimum Gasteiger partial charge on any atom is -0.508 e. The van der Waals surface area contributed by atoms with Gasteiger partial charge in [0, 0.05) is 0 Å². The molecule has 1 heterocycles. The van der Waals surface area contributed by atoms with Crippen LogP contribution in [0.5, 0.6) is 5.75 Å². The smallest absolute Gasteiger partial charge is 0.164 e. The lowest BCUT2D eigenvalue weighted by molar-refractivity contribution is 0.474. The van der Waals surface area contributed by atoms with E-state index in [1.807, 2.05) is 19.1 Å². The van der Waals surface area contributed by atoms with Crippen LogP contribution in [-0.4, -0.2) is 26.4 Å². The van der Waals surface area contributed by atoms with Crippen molar-refractivity contribution in [1.29, 1.82) is 0 Å². The highest BCUT2D eigenvalue weighted by Crippen LogP contribution is 2.11. The second-order valence-corrected chi connectivity index (χ2v) is 3.81. The number of hydrogen-bond acceptors (Lipinski definition) is 4. The molecule has 2 aromatic rings. The number of aromatic hydroxyl groups is 1. The highest BCUT2D eigenvalue weighted by molar-refractivity contribution is 5.27. The maximum Gasteiger partial charge on any atom is 0.164 e. The number of phenolic OH excluding ortho intramolecular Hbond substituents is 1. The van der Waals surface area contributed by atoms with Crippen LogP contribution in [0.2, 0.25) is 0 Å². The highest BCUT2D eigenvalue weighted by atomic mass is 16.3. The molecule has 1 aromatic heterocycles. The molecule has 0 unspecified atom stereocenters. The zero-order valence-electron chi connectivity index (χ0n) is 9.80. The topological polar surface area (TPSA) is 63.0 Å². The molecular formula is C12H16N4O. The molecule has 0 bridgehead atoms. The van der Waals surface area contributed by atoms with Gasteiger partial charge in [0.1, 0.15) is 12.1 Å². The first-order chi connectivity index (χ1) is 8.28. The van der Waals surface area contributed by atoms with Gasteiger partial charge in [-0.15, -0.1) is 0 Å². The van der Waals surface area contributed by atoms with Crippen molar-refractivity contribution < 1.29 is 5.11 Å². The van der Waals surface area contributed by atoms with Crippen molar-refractivity contribution in [3.05, 3.63) is 42.0 Å². The summed E-state index contributed by atoms with van der Waals surface area (Å²) >= 11 is 0. The molecule has 0 radical (unpaired) electrons. The average Bonchev–Trinajstić information content (AvgIpc) is 2.74. The Morgan fingerprint density at radius 2 is 2.29 bits per heavy atom. The van der Waals surface area contributed by atoms with E-state index in [0.717, 1.165) is 17.9 Å². The second kappa shape index (κ2) is 5.45. The maximum atomic E-state index is 9.36. The fourth-order valence-corrected chi connectivity index (χ4v) is 1.57. The molecule has 0 aliphatic heterocycles. The highest BCUT2D eigenvalue weighted by Gasteiger charge is 2.01. The minimum absolute atomic E-state index is 0.274. The monoisotopic (exact) mass is 232 g/mol. The first kappa shape index (κ1) is 11.6. The molecular weight excluding hydrogens is 216 g/mol. The lowest BCUT2D eigenvalue weighted by Crippen LogP contribution is -2.13. The van der Waals surface area contributed by atoms with Crippen LogP contribution in [0.15, 0.2) is 30.6 Å². The van der Waals surface area contributed by atoms with Crippen LogP contribution in [0.25, 0.3) is 0 Å². The Hall–Kier alpha value is -1.88. The number of hydrogen-bond donors (Lipinski definition) is 2. The summed E-state index contributed by atoms with van der Waals surface area (Å²) in [6.45, 7) is 4.25. The summed E-state index contributed by atoms with van der Waals surface area (Å²) in [6.07, 6.45) is 1.71. The van der Waals surface area contributed by atoms with E-state index in [2.05, 4.69) is 15.4 Å². The van der Waals surface area contributed by atoms with Crippen molar-refractivity contribution >= 4 is 0 Å². The van der Waals surface area contributed by atoms with Crippen molar-refractivity contribution in [2.24, 2.45) is 0 Å². The Kier molecular flexibility index (Phi) is 3.72. The number of rotatable bonds is 5.